The molecule has 2 atom stereocenters. The van der Waals surface area contributed by atoms with Crippen LogP contribution in [0, 0.1) is 17.5 Å². The molecule has 2 N–H and O–H groups in total. The maximum absolute atomic E-state index is 14.1. The second kappa shape index (κ2) is 9.40. The summed E-state index contributed by atoms with van der Waals surface area (Å²) in [7, 11) is 0. The number of nitrogens with two attached hydrogens (primary N) is 1. The molecule has 3 aromatic rings. The van der Waals surface area contributed by atoms with Crippen molar-refractivity contribution in [3.63, 3.8) is 0 Å². The number of benzene rings is 3. The van der Waals surface area contributed by atoms with E-state index in [0.717, 1.165) is 23.6 Å². The summed E-state index contributed by atoms with van der Waals surface area (Å²) in [4.78, 5) is 15.1. The maximum Gasteiger partial charge on any atom is 0.223 e. The molecule has 6 heteroatoms. The van der Waals surface area contributed by atoms with E-state index in [1.54, 1.807) is 24.3 Å². The largest absolute Gasteiger partial charge is 0.336 e. The molecule has 0 radical (unpaired) electrons. The van der Waals surface area contributed by atoms with Gasteiger partial charge in [-0.15, -0.1) is 0 Å². The topological polar surface area (TPSA) is 46.3 Å². The van der Waals surface area contributed by atoms with E-state index < -0.39 is 11.6 Å². The predicted octanol–water partition coefficient (Wildman–Crippen LogP) is 5.74. The summed E-state index contributed by atoms with van der Waals surface area (Å²) in [6, 6.07) is 17.0. The molecule has 1 aliphatic heterocycles. The Balaban J connectivity index is 1.52. The van der Waals surface area contributed by atoms with Crippen LogP contribution in [0.4, 0.5) is 13.2 Å². The van der Waals surface area contributed by atoms with Crippen LogP contribution in [-0.4, -0.2) is 23.9 Å². The van der Waals surface area contributed by atoms with Gasteiger partial charge >= 0.3 is 0 Å². The Morgan fingerprint density at radius 2 is 1.64 bits per heavy atom. The highest BCUT2D eigenvalue weighted by Crippen LogP contribution is 2.41. The van der Waals surface area contributed by atoms with Crippen LogP contribution in [0.15, 0.2) is 66.7 Å². The number of nitrogens with zero attached hydrogens (tertiary/aromatic N) is 1. The summed E-state index contributed by atoms with van der Waals surface area (Å²) >= 11 is 0. The number of hydrogen-bond acceptors (Lipinski definition) is 2. The van der Waals surface area contributed by atoms with Crippen molar-refractivity contribution in [1.29, 1.82) is 0 Å². The molecule has 1 saturated heterocycles. The van der Waals surface area contributed by atoms with Crippen molar-refractivity contribution in [3.05, 3.63) is 95.3 Å². The smallest absolute Gasteiger partial charge is 0.223 e. The van der Waals surface area contributed by atoms with Gasteiger partial charge in [-0.25, -0.2) is 13.2 Å². The molecule has 1 unspecified atom stereocenters. The minimum absolute atomic E-state index is 0.0279. The number of halogens is 3. The molecule has 1 fully saturated rings. The summed E-state index contributed by atoms with van der Waals surface area (Å²) in [5.41, 5.74) is 8.34. The first-order valence-electron chi connectivity index (χ1n) is 11.1. The van der Waals surface area contributed by atoms with Crippen molar-refractivity contribution < 1.29 is 18.0 Å². The Kier molecular flexibility index (Phi) is 6.56. The van der Waals surface area contributed by atoms with Gasteiger partial charge in [0, 0.05) is 30.0 Å². The van der Waals surface area contributed by atoms with Gasteiger partial charge in [-0.2, -0.15) is 0 Å². The molecule has 4 rings (SSSR count). The molecule has 0 saturated carbocycles. The van der Waals surface area contributed by atoms with E-state index in [2.05, 4.69) is 0 Å². The van der Waals surface area contributed by atoms with Crippen molar-refractivity contribution in [2.45, 2.75) is 37.6 Å². The molecular formula is C27H27F3N2O. The summed E-state index contributed by atoms with van der Waals surface area (Å²) in [6.45, 7) is 2.98. The van der Waals surface area contributed by atoms with E-state index in [0.29, 0.717) is 37.1 Å². The Labute approximate surface area is 192 Å². The standard InChI is InChI=1S/C27H27F3N2O/c1-18(19-2-4-20(5-3-19)24-11-10-23(29)16-25(24)30)32-15-13-27(12-14-31,17-26(32)33)21-6-8-22(28)9-7-21/h2-11,16,18H,12-15,17,31H2,1H3/t18-,27?/m0/s1. The van der Waals surface area contributed by atoms with Crippen LogP contribution in [0.3, 0.4) is 0 Å². The van der Waals surface area contributed by atoms with Crippen LogP contribution in [-0.2, 0) is 10.2 Å². The molecule has 3 nitrogen and oxygen atoms in total. The van der Waals surface area contributed by atoms with Gasteiger partial charge in [0.15, 0.2) is 0 Å². The van der Waals surface area contributed by atoms with Gasteiger partial charge in [0.05, 0.1) is 6.04 Å². The SMILES string of the molecule is C[C@@H](c1ccc(-c2ccc(F)cc2F)cc1)N1CCC(CCN)(c2ccc(F)cc2)CC1=O. The van der Waals surface area contributed by atoms with Gasteiger partial charge in [-0.05, 0) is 67.3 Å². The number of carbonyl (C=O) groups is 1. The molecule has 1 heterocycles. The molecule has 0 bridgehead atoms. The number of rotatable bonds is 6. The molecule has 1 amide bonds. The van der Waals surface area contributed by atoms with Crippen LogP contribution in [0.2, 0.25) is 0 Å². The zero-order valence-corrected chi connectivity index (χ0v) is 18.5. The lowest BCUT2D eigenvalue weighted by Gasteiger charge is -2.44. The normalized spacial score (nSPS) is 19.5. The van der Waals surface area contributed by atoms with E-state index in [9.17, 15) is 18.0 Å². The Morgan fingerprint density at radius 3 is 2.24 bits per heavy atom. The van der Waals surface area contributed by atoms with Gasteiger partial charge in [-0.3, -0.25) is 4.79 Å². The lowest BCUT2D eigenvalue weighted by Crippen LogP contribution is -2.48. The van der Waals surface area contributed by atoms with E-state index in [-0.39, 0.29) is 23.2 Å². The molecule has 0 spiro atoms. The van der Waals surface area contributed by atoms with Crippen molar-refractivity contribution >= 4 is 5.91 Å². The van der Waals surface area contributed by atoms with E-state index >= 15 is 0 Å². The molecule has 1 aliphatic rings. The van der Waals surface area contributed by atoms with E-state index in [1.165, 1.54) is 24.3 Å². The summed E-state index contributed by atoms with van der Waals surface area (Å²) in [6.07, 6.45) is 1.72. The fourth-order valence-electron chi connectivity index (χ4n) is 4.88. The van der Waals surface area contributed by atoms with E-state index in [4.69, 9.17) is 5.73 Å². The predicted molar refractivity (Wildman–Crippen MR) is 123 cm³/mol. The molecule has 3 aromatic carbocycles. The maximum atomic E-state index is 14.1. The highest BCUT2D eigenvalue weighted by molar-refractivity contribution is 5.79. The minimum Gasteiger partial charge on any atom is -0.336 e. The van der Waals surface area contributed by atoms with Crippen LogP contribution in [0.5, 0.6) is 0 Å². The third kappa shape index (κ3) is 4.67. The first-order valence-corrected chi connectivity index (χ1v) is 11.1. The summed E-state index contributed by atoms with van der Waals surface area (Å²) in [5, 5.41) is 0. The average molecular weight is 453 g/mol. The monoisotopic (exact) mass is 452 g/mol. The zero-order valence-electron chi connectivity index (χ0n) is 18.5. The molecule has 0 aliphatic carbocycles. The molecule has 172 valence electrons. The van der Waals surface area contributed by atoms with Crippen molar-refractivity contribution in [1.82, 2.24) is 4.90 Å². The number of carbonyl (C=O) groups excluding carboxylic acids is 1. The van der Waals surface area contributed by atoms with Crippen LogP contribution >= 0.6 is 0 Å². The lowest BCUT2D eigenvalue weighted by atomic mass is 9.70. The number of hydrogen-bond donors (Lipinski definition) is 1. The average Bonchev–Trinajstić information content (AvgIpc) is 2.79. The second-order valence-corrected chi connectivity index (χ2v) is 8.76. The minimum atomic E-state index is -0.614. The fraction of sp³-hybridized carbons (Fsp3) is 0.296. The van der Waals surface area contributed by atoms with E-state index in [1.807, 2.05) is 24.0 Å². The highest BCUT2D eigenvalue weighted by Gasteiger charge is 2.41. The lowest BCUT2D eigenvalue weighted by molar-refractivity contribution is -0.138. The molecule has 0 aromatic heterocycles. The van der Waals surface area contributed by atoms with Gasteiger partial charge in [-0.1, -0.05) is 36.4 Å². The highest BCUT2D eigenvalue weighted by atomic mass is 19.1. The third-order valence-corrected chi connectivity index (χ3v) is 6.82. The van der Waals surface area contributed by atoms with Gasteiger partial charge < -0.3 is 10.6 Å². The van der Waals surface area contributed by atoms with Crippen LogP contribution < -0.4 is 5.73 Å². The van der Waals surface area contributed by atoms with Crippen LogP contribution in [0.25, 0.3) is 11.1 Å². The number of likely N-dealkylation sites (tertiary alicyclic amines) is 1. The Morgan fingerprint density at radius 1 is 0.970 bits per heavy atom. The Bertz CT molecular complexity index is 1130. The van der Waals surface area contributed by atoms with Gasteiger partial charge in [0.2, 0.25) is 5.91 Å². The van der Waals surface area contributed by atoms with Crippen LogP contribution in [0.1, 0.15) is 43.4 Å². The molecular weight excluding hydrogens is 425 g/mol. The van der Waals surface area contributed by atoms with Gasteiger partial charge in [0.1, 0.15) is 17.5 Å². The Hall–Kier alpha value is -3.12. The number of amides is 1. The second-order valence-electron chi connectivity index (χ2n) is 8.76. The quantitative estimate of drug-likeness (QED) is 0.518. The summed E-state index contributed by atoms with van der Waals surface area (Å²) < 4.78 is 40.8. The van der Waals surface area contributed by atoms with Crippen molar-refractivity contribution in [2.24, 2.45) is 5.73 Å². The first kappa shape index (κ1) is 23.1. The third-order valence-electron chi connectivity index (χ3n) is 6.82. The van der Waals surface area contributed by atoms with Crippen molar-refractivity contribution in [2.75, 3.05) is 13.1 Å². The van der Waals surface area contributed by atoms with Gasteiger partial charge in [0.25, 0.3) is 0 Å². The van der Waals surface area contributed by atoms with Crippen molar-refractivity contribution in [3.8, 4) is 11.1 Å². The zero-order chi connectivity index (χ0) is 23.6. The fourth-order valence-corrected chi connectivity index (χ4v) is 4.88. The molecule has 33 heavy (non-hydrogen) atoms. The summed E-state index contributed by atoms with van der Waals surface area (Å²) in [5.74, 6) is -1.50. The first-order chi connectivity index (χ1) is 15.8. The number of piperidine rings is 1.